The van der Waals surface area contributed by atoms with E-state index in [-0.39, 0.29) is 12.4 Å². The lowest BCUT2D eigenvalue weighted by Gasteiger charge is -2.13. The fourth-order valence-electron chi connectivity index (χ4n) is 1.24. The largest absolute Gasteiger partial charge is 0.491 e. The summed E-state index contributed by atoms with van der Waals surface area (Å²) in [5, 5.41) is 21.4. The Morgan fingerprint density at radius 3 is 2.47 bits per heavy atom. The molecule has 1 aromatic carbocycles. The molecule has 4 nitrogen and oxygen atoms in total. The van der Waals surface area contributed by atoms with Crippen LogP contribution >= 0.6 is 0 Å². The fraction of sp³-hybridized carbons (Fsp3) is 0.500. The zero-order valence-electron chi connectivity index (χ0n) is 9.77. The minimum atomic E-state index is -0.668. The standard InChI is InChI=1S/C12H18FNO3/c1-9(15)6-14-7-11(16)8-17-12-4-2-10(13)3-5-12/h2-5,9,11,14-16H,6-8H2,1H3. The molecule has 0 aliphatic heterocycles. The van der Waals surface area contributed by atoms with Crippen LogP contribution in [0, 0.1) is 5.82 Å². The van der Waals surface area contributed by atoms with Gasteiger partial charge in [0.2, 0.25) is 0 Å². The van der Waals surface area contributed by atoms with Crippen molar-refractivity contribution in [2.45, 2.75) is 19.1 Å². The molecule has 0 heterocycles. The first-order valence-electron chi connectivity index (χ1n) is 5.53. The molecule has 0 saturated carbocycles. The number of hydrogen-bond acceptors (Lipinski definition) is 4. The van der Waals surface area contributed by atoms with Crippen LogP contribution in [0.25, 0.3) is 0 Å². The monoisotopic (exact) mass is 243 g/mol. The number of halogens is 1. The van der Waals surface area contributed by atoms with Gasteiger partial charge in [0.1, 0.15) is 24.3 Å². The molecule has 17 heavy (non-hydrogen) atoms. The molecule has 0 aliphatic rings. The van der Waals surface area contributed by atoms with Gasteiger partial charge in [-0.05, 0) is 31.2 Å². The maximum Gasteiger partial charge on any atom is 0.123 e. The van der Waals surface area contributed by atoms with Crippen LogP contribution in [-0.4, -0.2) is 42.1 Å². The third-order valence-electron chi connectivity index (χ3n) is 2.08. The van der Waals surface area contributed by atoms with E-state index in [0.29, 0.717) is 18.8 Å². The summed E-state index contributed by atoms with van der Waals surface area (Å²) >= 11 is 0. The first-order valence-corrected chi connectivity index (χ1v) is 5.53. The number of aliphatic hydroxyl groups is 2. The Balaban J connectivity index is 2.19. The molecule has 0 radical (unpaired) electrons. The second kappa shape index (κ2) is 7.21. The fourth-order valence-corrected chi connectivity index (χ4v) is 1.24. The Bertz CT molecular complexity index is 316. The van der Waals surface area contributed by atoms with Crippen LogP contribution in [0.3, 0.4) is 0 Å². The van der Waals surface area contributed by atoms with Gasteiger partial charge in [0.25, 0.3) is 0 Å². The molecular weight excluding hydrogens is 225 g/mol. The Hall–Kier alpha value is -1.17. The van der Waals surface area contributed by atoms with Gasteiger partial charge in [-0.1, -0.05) is 0 Å². The van der Waals surface area contributed by atoms with E-state index in [2.05, 4.69) is 5.32 Å². The Morgan fingerprint density at radius 2 is 1.88 bits per heavy atom. The summed E-state index contributed by atoms with van der Waals surface area (Å²) in [6.45, 7) is 2.55. The van der Waals surface area contributed by atoms with E-state index < -0.39 is 12.2 Å². The average Bonchev–Trinajstić information content (AvgIpc) is 2.28. The highest BCUT2D eigenvalue weighted by atomic mass is 19.1. The highest BCUT2D eigenvalue weighted by Gasteiger charge is 2.05. The predicted molar refractivity (Wildman–Crippen MR) is 62.5 cm³/mol. The van der Waals surface area contributed by atoms with E-state index in [4.69, 9.17) is 9.84 Å². The van der Waals surface area contributed by atoms with Crippen molar-refractivity contribution in [3.63, 3.8) is 0 Å². The minimum absolute atomic E-state index is 0.123. The number of rotatable bonds is 7. The van der Waals surface area contributed by atoms with Crippen LogP contribution in [0.15, 0.2) is 24.3 Å². The van der Waals surface area contributed by atoms with Gasteiger partial charge in [-0.2, -0.15) is 0 Å². The van der Waals surface area contributed by atoms with Crippen LogP contribution in [0.2, 0.25) is 0 Å². The topological polar surface area (TPSA) is 61.7 Å². The summed E-state index contributed by atoms with van der Waals surface area (Å²) < 4.78 is 17.9. The molecule has 3 N–H and O–H groups in total. The predicted octanol–water partition coefficient (Wildman–Crippen LogP) is 0.536. The third-order valence-corrected chi connectivity index (χ3v) is 2.08. The van der Waals surface area contributed by atoms with Crippen LogP contribution < -0.4 is 10.1 Å². The second-order valence-corrected chi connectivity index (χ2v) is 3.93. The summed E-state index contributed by atoms with van der Waals surface area (Å²) in [6, 6.07) is 5.61. The summed E-state index contributed by atoms with van der Waals surface area (Å²) in [5.74, 6) is 0.192. The van der Waals surface area contributed by atoms with Crippen LogP contribution in [0.1, 0.15) is 6.92 Å². The van der Waals surface area contributed by atoms with Crippen molar-refractivity contribution in [3.8, 4) is 5.75 Å². The molecule has 2 unspecified atom stereocenters. The lowest BCUT2D eigenvalue weighted by Crippen LogP contribution is -2.35. The summed E-state index contributed by atoms with van der Waals surface area (Å²) in [4.78, 5) is 0. The van der Waals surface area contributed by atoms with Crippen LogP contribution in [0.5, 0.6) is 5.75 Å². The average molecular weight is 243 g/mol. The van der Waals surface area contributed by atoms with Gasteiger partial charge in [0, 0.05) is 13.1 Å². The van der Waals surface area contributed by atoms with Gasteiger partial charge >= 0.3 is 0 Å². The lowest BCUT2D eigenvalue weighted by molar-refractivity contribution is 0.101. The smallest absolute Gasteiger partial charge is 0.123 e. The molecule has 2 atom stereocenters. The molecule has 0 bridgehead atoms. The number of hydrogen-bond donors (Lipinski definition) is 3. The van der Waals surface area contributed by atoms with E-state index in [1.54, 1.807) is 6.92 Å². The molecule has 0 amide bonds. The highest BCUT2D eigenvalue weighted by Crippen LogP contribution is 2.10. The van der Waals surface area contributed by atoms with Gasteiger partial charge < -0.3 is 20.3 Å². The van der Waals surface area contributed by atoms with E-state index >= 15 is 0 Å². The SMILES string of the molecule is CC(O)CNCC(O)COc1ccc(F)cc1. The third kappa shape index (κ3) is 6.21. The van der Waals surface area contributed by atoms with Crippen LogP contribution in [0.4, 0.5) is 4.39 Å². The first-order chi connectivity index (χ1) is 8.08. The van der Waals surface area contributed by atoms with E-state index in [1.165, 1.54) is 24.3 Å². The summed E-state index contributed by atoms with van der Waals surface area (Å²) in [5.41, 5.74) is 0. The van der Waals surface area contributed by atoms with E-state index in [0.717, 1.165) is 0 Å². The Labute approximate surface area is 100 Å². The van der Waals surface area contributed by atoms with Gasteiger partial charge in [-0.25, -0.2) is 4.39 Å². The van der Waals surface area contributed by atoms with Gasteiger partial charge in [-0.3, -0.25) is 0 Å². The molecule has 1 aromatic rings. The molecule has 0 spiro atoms. The second-order valence-electron chi connectivity index (χ2n) is 3.93. The van der Waals surface area contributed by atoms with Crippen molar-refractivity contribution in [2.75, 3.05) is 19.7 Å². The highest BCUT2D eigenvalue weighted by molar-refractivity contribution is 5.22. The Kier molecular flexibility index (Phi) is 5.90. The minimum Gasteiger partial charge on any atom is -0.491 e. The maximum absolute atomic E-state index is 12.6. The molecule has 0 aliphatic carbocycles. The molecule has 0 fully saturated rings. The quantitative estimate of drug-likeness (QED) is 0.654. The lowest BCUT2D eigenvalue weighted by atomic mass is 10.3. The molecule has 1 rings (SSSR count). The Morgan fingerprint density at radius 1 is 1.24 bits per heavy atom. The normalized spacial score (nSPS) is 14.4. The maximum atomic E-state index is 12.6. The molecular formula is C12H18FNO3. The zero-order chi connectivity index (χ0) is 12.7. The first kappa shape index (κ1) is 13.9. The van der Waals surface area contributed by atoms with Crippen molar-refractivity contribution in [1.29, 1.82) is 0 Å². The number of aliphatic hydroxyl groups excluding tert-OH is 2. The van der Waals surface area contributed by atoms with Crippen molar-refractivity contribution in [2.24, 2.45) is 0 Å². The van der Waals surface area contributed by atoms with Crippen molar-refractivity contribution >= 4 is 0 Å². The van der Waals surface area contributed by atoms with Crippen molar-refractivity contribution in [3.05, 3.63) is 30.1 Å². The van der Waals surface area contributed by atoms with Gasteiger partial charge in [0.15, 0.2) is 0 Å². The molecule has 0 saturated heterocycles. The molecule has 96 valence electrons. The van der Waals surface area contributed by atoms with Gasteiger partial charge in [0.05, 0.1) is 6.10 Å². The van der Waals surface area contributed by atoms with Gasteiger partial charge in [-0.15, -0.1) is 0 Å². The molecule has 5 heteroatoms. The number of ether oxygens (including phenoxy) is 1. The zero-order valence-corrected chi connectivity index (χ0v) is 9.77. The van der Waals surface area contributed by atoms with Crippen molar-refractivity contribution < 1.29 is 19.3 Å². The van der Waals surface area contributed by atoms with E-state index in [1.807, 2.05) is 0 Å². The summed E-state index contributed by atoms with van der Waals surface area (Å²) in [7, 11) is 0. The number of benzene rings is 1. The van der Waals surface area contributed by atoms with E-state index in [9.17, 15) is 9.50 Å². The van der Waals surface area contributed by atoms with Crippen LogP contribution in [-0.2, 0) is 0 Å². The summed E-state index contributed by atoms with van der Waals surface area (Å²) in [6.07, 6.45) is -1.11. The number of nitrogens with one attached hydrogen (secondary N) is 1. The molecule has 0 aromatic heterocycles. The van der Waals surface area contributed by atoms with Crippen molar-refractivity contribution in [1.82, 2.24) is 5.32 Å².